The molecule has 0 saturated heterocycles. The van der Waals surface area contributed by atoms with Crippen LogP contribution in [0.15, 0.2) is 59.9 Å². The molecule has 0 spiro atoms. The average Bonchev–Trinajstić information content (AvgIpc) is 3.19. The van der Waals surface area contributed by atoms with E-state index in [4.69, 9.17) is 11.6 Å². The summed E-state index contributed by atoms with van der Waals surface area (Å²) in [5.74, 6) is 1.10. The summed E-state index contributed by atoms with van der Waals surface area (Å²) in [6.45, 7) is 0. The van der Waals surface area contributed by atoms with Crippen molar-refractivity contribution in [3.63, 3.8) is 0 Å². The second-order valence-corrected chi connectivity index (χ2v) is 8.91. The highest BCUT2D eigenvalue weighted by molar-refractivity contribution is 7.98. The number of hydrogen-bond acceptors (Lipinski definition) is 7. The van der Waals surface area contributed by atoms with Crippen LogP contribution in [-0.4, -0.2) is 30.3 Å². The Morgan fingerprint density at radius 2 is 1.84 bits per heavy atom. The molecule has 32 heavy (non-hydrogen) atoms. The molecule has 1 atom stereocenters. The van der Waals surface area contributed by atoms with E-state index in [2.05, 4.69) is 15.1 Å². The average molecular weight is 466 g/mol. The van der Waals surface area contributed by atoms with Gasteiger partial charge in [-0.3, -0.25) is 14.9 Å². The number of benzene rings is 2. The van der Waals surface area contributed by atoms with Crippen molar-refractivity contribution in [3.8, 4) is 0 Å². The number of fused-ring (bicyclic) bond motifs is 2. The number of halogens is 1. The number of Topliss-reactive ketones (excluding diaryl/α,β-unsaturated/α-hetero) is 1. The fraction of sp³-hybridized carbons (Fsp3) is 0.182. The van der Waals surface area contributed by atoms with E-state index in [1.165, 1.54) is 28.4 Å². The van der Waals surface area contributed by atoms with Crippen LogP contribution >= 0.6 is 23.4 Å². The van der Waals surface area contributed by atoms with Gasteiger partial charge < -0.3 is 0 Å². The van der Waals surface area contributed by atoms with Crippen molar-refractivity contribution in [1.29, 1.82) is 0 Å². The number of carbonyl (C=O) groups is 1. The second-order valence-electron chi connectivity index (χ2n) is 7.53. The summed E-state index contributed by atoms with van der Waals surface area (Å²) < 4.78 is 1.54. The van der Waals surface area contributed by atoms with E-state index in [-0.39, 0.29) is 17.4 Å². The zero-order valence-electron chi connectivity index (χ0n) is 16.6. The molecular weight excluding hydrogens is 450 g/mol. The number of thioether (sulfide) groups is 1. The summed E-state index contributed by atoms with van der Waals surface area (Å²) in [4.78, 5) is 32.3. The van der Waals surface area contributed by atoms with E-state index < -0.39 is 4.92 Å². The number of nitro benzene ring substituents is 1. The highest BCUT2D eigenvalue weighted by Crippen LogP contribution is 2.33. The lowest BCUT2D eigenvalue weighted by Gasteiger charge is -2.23. The molecule has 0 radical (unpaired) electrons. The maximum absolute atomic E-state index is 12.8. The fourth-order valence-electron chi connectivity index (χ4n) is 3.76. The summed E-state index contributed by atoms with van der Waals surface area (Å²) in [6.07, 6.45) is 2.77. The molecule has 2 aromatic carbocycles. The predicted molar refractivity (Wildman–Crippen MR) is 120 cm³/mol. The quantitative estimate of drug-likeness (QED) is 0.235. The van der Waals surface area contributed by atoms with E-state index in [9.17, 15) is 14.9 Å². The normalized spacial score (nSPS) is 15.7. The highest BCUT2D eigenvalue weighted by Gasteiger charge is 2.28. The van der Waals surface area contributed by atoms with Gasteiger partial charge in [0.2, 0.25) is 5.16 Å². The number of non-ortho nitro benzene ring substituents is 1. The Morgan fingerprint density at radius 3 is 2.56 bits per heavy atom. The summed E-state index contributed by atoms with van der Waals surface area (Å²) >= 11 is 7.39. The first kappa shape index (κ1) is 20.6. The molecule has 2 heterocycles. The van der Waals surface area contributed by atoms with Crippen LogP contribution in [0.3, 0.4) is 0 Å². The Kier molecular flexibility index (Phi) is 5.36. The zero-order valence-corrected chi connectivity index (χ0v) is 18.2. The van der Waals surface area contributed by atoms with Gasteiger partial charge >= 0.3 is 0 Å². The lowest BCUT2D eigenvalue weighted by Crippen LogP contribution is -2.21. The molecule has 1 aliphatic rings. The molecular formula is C22H16ClN5O3S. The van der Waals surface area contributed by atoms with Gasteiger partial charge in [0.05, 0.1) is 16.2 Å². The summed E-state index contributed by atoms with van der Waals surface area (Å²) in [7, 11) is 0. The molecule has 4 aromatic rings. The van der Waals surface area contributed by atoms with Gasteiger partial charge in [-0.25, -0.2) is 9.50 Å². The van der Waals surface area contributed by atoms with Crippen molar-refractivity contribution in [2.45, 2.75) is 29.7 Å². The first-order valence-electron chi connectivity index (χ1n) is 9.87. The van der Waals surface area contributed by atoms with Crippen molar-refractivity contribution in [2.24, 2.45) is 0 Å². The zero-order chi connectivity index (χ0) is 22.2. The van der Waals surface area contributed by atoms with Crippen molar-refractivity contribution in [3.05, 3.63) is 92.2 Å². The van der Waals surface area contributed by atoms with Gasteiger partial charge in [0, 0.05) is 35.5 Å². The van der Waals surface area contributed by atoms with Crippen LogP contribution in [0.25, 0.3) is 5.78 Å². The Labute approximate surface area is 191 Å². The van der Waals surface area contributed by atoms with Crippen molar-refractivity contribution in [2.75, 3.05) is 0 Å². The fourth-order valence-corrected chi connectivity index (χ4v) is 4.66. The van der Waals surface area contributed by atoms with Crippen molar-refractivity contribution < 1.29 is 9.72 Å². The summed E-state index contributed by atoms with van der Waals surface area (Å²) in [6, 6.07) is 14.0. The molecule has 0 amide bonds. The van der Waals surface area contributed by atoms with Gasteiger partial charge in [-0.1, -0.05) is 47.6 Å². The monoisotopic (exact) mass is 465 g/mol. The number of aromatic nitrogens is 4. The SMILES string of the molecule is O=C1CC(c2ccc(Cl)cc2)Cc2nc3nc(SCc4ccc([N+](=O)[O-])cc4)nn3cc21. The molecule has 2 aromatic heterocycles. The van der Waals surface area contributed by atoms with E-state index in [0.29, 0.717) is 40.1 Å². The summed E-state index contributed by atoms with van der Waals surface area (Å²) in [5.41, 5.74) is 3.36. The first-order valence-corrected chi connectivity index (χ1v) is 11.2. The number of carbonyl (C=O) groups excluding carboxylic acids is 1. The van der Waals surface area contributed by atoms with E-state index >= 15 is 0 Å². The number of hydrogen-bond donors (Lipinski definition) is 0. The predicted octanol–water partition coefficient (Wildman–Crippen LogP) is 4.89. The van der Waals surface area contributed by atoms with E-state index in [0.717, 1.165) is 16.8 Å². The number of nitro groups is 1. The van der Waals surface area contributed by atoms with Crippen molar-refractivity contribution >= 4 is 40.6 Å². The number of nitrogens with zero attached hydrogens (tertiary/aromatic N) is 5. The molecule has 0 aliphatic heterocycles. The molecule has 5 rings (SSSR count). The van der Waals surface area contributed by atoms with E-state index in [1.807, 2.05) is 24.3 Å². The lowest BCUT2D eigenvalue weighted by molar-refractivity contribution is -0.384. The van der Waals surface area contributed by atoms with Crippen LogP contribution in [0.5, 0.6) is 0 Å². The third-order valence-corrected chi connectivity index (χ3v) is 6.58. The van der Waals surface area contributed by atoms with Gasteiger partial charge in [0.25, 0.3) is 11.5 Å². The van der Waals surface area contributed by atoms with Gasteiger partial charge in [0.1, 0.15) is 0 Å². The third kappa shape index (κ3) is 4.09. The summed E-state index contributed by atoms with van der Waals surface area (Å²) in [5, 5.41) is 16.4. The highest BCUT2D eigenvalue weighted by atomic mass is 35.5. The van der Waals surface area contributed by atoms with Crippen LogP contribution < -0.4 is 0 Å². The second kappa shape index (κ2) is 8.33. The molecule has 160 valence electrons. The first-order chi connectivity index (χ1) is 15.5. The van der Waals surface area contributed by atoms with Crippen LogP contribution in [0.4, 0.5) is 5.69 Å². The number of ketones is 1. The Morgan fingerprint density at radius 1 is 1.09 bits per heavy atom. The van der Waals surface area contributed by atoms with Gasteiger partial charge in [-0.2, -0.15) is 4.98 Å². The molecule has 0 bridgehead atoms. The van der Waals surface area contributed by atoms with Gasteiger partial charge in [-0.05, 0) is 35.6 Å². The number of rotatable bonds is 5. The van der Waals surface area contributed by atoms with Crippen LogP contribution in [0.1, 0.15) is 39.5 Å². The van der Waals surface area contributed by atoms with Crippen LogP contribution in [0.2, 0.25) is 5.02 Å². The molecule has 1 unspecified atom stereocenters. The smallest absolute Gasteiger partial charge is 0.269 e. The maximum Gasteiger partial charge on any atom is 0.269 e. The largest absolute Gasteiger partial charge is 0.294 e. The standard InChI is InChI=1S/C22H16ClN5O3S/c23-16-5-3-14(4-6-16)15-9-19-18(20(29)10-15)11-27-21(24-19)25-22(26-27)32-12-13-1-7-17(8-2-13)28(30)31/h1-8,11,15H,9-10,12H2. The molecule has 1 aliphatic carbocycles. The Bertz CT molecular complexity index is 1340. The lowest BCUT2D eigenvalue weighted by atomic mass is 9.82. The molecule has 0 fully saturated rings. The minimum atomic E-state index is -0.424. The van der Waals surface area contributed by atoms with Gasteiger partial charge in [0.15, 0.2) is 5.78 Å². The molecule has 0 N–H and O–H groups in total. The molecule has 10 heteroatoms. The Hall–Kier alpha value is -3.30. The topological polar surface area (TPSA) is 103 Å². The minimum Gasteiger partial charge on any atom is -0.294 e. The molecule has 8 nitrogen and oxygen atoms in total. The maximum atomic E-state index is 12.8. The minimum absolute atomic E-state index is 0.0381. The van der Waals surface area contributed by atoms with E-state index in [1.54, 1.807) is 18.3 Å². The molecule has 0 saturated carbocycles. The Balaban J connectivity index is 1.36. The van der Waals surface area contributed by atoms with Crippen LogP contribution in [0, 0.1) is 10.1 Å². The van der Waals surface area contributed by atoms with Crippen molar-refractivity contribution in [1.82, 2.24) is 19.6 Å². The third-order valence-electron chi connectivity index (χ3n) is 5.42. The van der Waals surface area contributed by atoms with Gasteiger partial charge in [-0.15, -0.1) is 5.10 Å². The van der Waals surface area contributed by atoms with Crippen LogP contribution in [-0.2, 0) is 12.2 Å².